The lowest BCUT2D eigenvalue weighted by atomic mass is 10.1. The van der Waals surface area contributed by atoms with E-state index in [9.17, 15) is 0 Å². The standard InChI is InChI=1S/C15H13Cl3N4O/c1-4-23-9-5-10(16)13(11(17)6-9)12-7(2)21-22-14(12)19-8(3)20-15(22)18/h5-6H,4H2,1-3H3. The number of hydrogen-bond acceptors (Lipinski definition) is 4. The Kier molecular flexibility index (Phi) is 4.36. The first kappa shape index (κ1) is 16.3. The highest BCUT2D eigenvalue weighted by molar-refractivity contribution is 6.39. The molecule has 1 aromatic carbocycles. The monoisotopic (exact) mass is 370 g/mol. The number of aryl methyl sites for hydroxylation is 2. The maximum atomic E-state index is 6.44. The molecule has 0 N–H and O–H groups in total. The van der Waals surface area contributed by atoms with E-state index in [2.05, 4.69) is 15.1 Å². The van der Waals surface area contributed by atoms with Crippen molar-refractivity contribution in [2.75, 3.05) is 6.61 Å². The highest BCUT2D eigenvalue weighted by Crippen LogP contribution is 2.41. The first-order valence-corrected chi connectivity index (χ1v) is 8.07. The fourth-order valence-corrected chi connectivity index (χ4v) is 3.33. The van der Waals surface area contributed by atoms with Gasteiger partial charge in [-0.1, -0.05) is 23.2 Å². The molecule has 3 aromatic rings. The lowest BCUT2D eigenvalue weighted by Crippen LogP contribution is -1.99. The number of ether oxygens (including phenoxy) is 1. The number of hydrogen-bond donors (Lipinski definition) is 0. The van der Waals surface area contributed by atoms with Crippen LogP contribution >= 0.6 is 34.8 Å². The van der Waals surface area contributed by atoms with Gasteiger partial charge in [0.1, 0.15) is 11.6 Å². The van der Waals surface area contributed by atoms with Gasteiger partial charge in [-0.25, -0.2) is 9.97 Å². The molecule has 8 heteroatoms. The minimum Gasteiger partial charge on any atom is -0.494 e. The predicted octanol–water partition coefficient (Wildman–Crippen LogP) is 4.77. The van der Waals surface area contributed by atoms with Gasteiger partial charge in [0.15, 0.2) is 5.65 Å². The molecule has 0 fully saturated rings. The van der Waals surface area contributed by atoms with Gasteiger partial charge >= 0.3 is 0 Å². The van der Waals surface area contributed by atoms with Gasteiger partial charge in [-0.05, 0) is 44.5 Å². The molecule has 0 saturated heterocycles. The van der Waals surface area contributed by atoms with Crippen molar-refractivity contribution in [1.82, 2.24) is 19.6 Å². The van der Waals surface area contributed by atoms with Crippen LogP contribution in [-0.4, -0.2) is 26.2 Å². The zero-order chi connectivity index (χ0) is 16.7. The molecule has 0 aliphatic carbocycles. The van der Waals surface area contributed by atoms with Gasteiger partial charge in [-0.2, -0.15) is 9.61 Å². The Morgan fingerprint density at radius 2 is 1.70 bits per heavy atom. The average Bonchev–Trinajstić information content (AvgIpc) is 2.76. The highest BCUT2D eigenvalue weighted by Gasteiger charge is 2.21. The van der Waals surface area contributed by atoms with Crippen molar-refractivity contribution in [3.8, 4) is 16.9 Å². The number of aromatic nitrogens is 4. The number of rotatable bonds is 3. The zero-order valence-corrected chi connectivity index (χ0v) is 15.0. The lowest BCUT2D eigenvalue weighted by Gasteiger charge is -2.10. The van der Waals surface area contributed by atoms with Crippen LogP contribution in [-0.2, 0) is 0 Å². The van der Waals surface area contributed by atoms with Crippen molar-refractivity contribution in [2.45, 2.75) is 20.8 Å². The minimum atomic E-state index is 0.236. The van der Waals surface area contributed by atoms with Crippen molar-refractivity contribution in [2.24, 2.45) is 0 Å². The van der Waals surface area contributed by atoms with Crippen molar-refractivity contribution >= 4 is 40.4 Å². The molecule has 0 radical (unpaired) electrons. The third-order valence-electron chi connectivity index (χ3n) is 3.31. The fraction of sp³-hybridized carbons (Fsp3) is 0.267. The van der Waals surface area contributed by atoms with Crippen LogP contribution in [0.4, 0.5) is 0 Å². The molecule has 0 aliphatic heterocycles. The predicted molar refractivity (Wildman–Crippen MR) is 91.9 cm³/mol. The smallest absolute Gasteiger partial charge is 0.227 e. The van der Waals surface area contributed by atoms with E-state index in [-0.39, 0.29) is 5.28 Å². The van der Waals surface area contributed by atoms with E-state index in [0.717, 1.165) is 5.56 Å². The van der Waals surface area contributed by atoms with Gasteiger partial charge in [0.2, 0.25) is 5.28 Å². The Morgan fingerprint density at radius 3 is 2.30 bits per heavy atom. The summed E-state index contributed by atoms with van der Waals surface area (Å²) >= 11 is 19.0. The van der Waals surface area contributed by atoms with Crippen LogP contribution in [0.2, 0.25) is 15.3 Å². The third kappa shape index (κ3) is 2.84. The third-order valence-corrected chi connectivity index (χ3v) is 4.15. The summed E-state index contributed by atoms with van der Waals surface area (Å²) in [6, 6.07) is 3.45. The van der Waals surface area contributed by atoms with Crippen LogP contribution in [0.5, 0.6) is 5.75 Å². The second-order valence-corrected chi connectivity index (χ2v) is 6.08. The van der Waals surface area contributed by atoms with Crippen molar-refractivity contribution in [3.05, 3.63) is 39.0 Å². The Bertz CT molecular complexity index is 884. The number of benzene rings is 1. The van der Waals surface area contributed by atoms with Crippen molar-refractivity contribution < 1.29 is 4.74 Å². The second kappa shape index (κ2) is 6.15. The Balaban J connectivity index is 2.31. The molecule has 0 spiro atoms. The molecule has 0 saturated carbocycles. The number of fused-ring (bicyclic) bond motifs is 1. The molecular formula is C15H13Cl3N4O. The number of halogens is 3. The summed E-state index contributed by atoms with van der Waals surface area (Å²) in [6.07, 6.45) is 0. The molecule has 2 aromatic heterocycles. The van der Waals surface area contributed by atoms with E-state index < -0.39 is 0 Å². The average molecular weight is 372 g/mol. The highest BCUT2D eigenvalue weighted by atomic mass is 35.5. The van der Waals surface area contributed by atoms with E-state index in [0.29, 0.717) is 45.1 Å². The van der Waals surface area contributed by atoms with E-state index in [1.807, 2.05) is 13.8 Å². The summed E-state index contributed by atoms with van der Waals surface area (Å²) in [5.41, 5.74) is 2.65. The summed E-state index contributed by atoms with van der Waals surface area (Å²) in [5, 5.41) is 5.55. The molecule has 0 atom stereocenters. The maximum Gasteiger partial charge on any atom is 0.227 e. The van der Waals surface area contributed by atoms with Crippen LogP contribution in [0, 0.1) is 13.8 Å². The summed E-state index contributed by atoms with van der Waals surface area (Å²) in [7, 11) is 0. The molecule has 120 valence electrons. The number of nitrogens with zero attached hydrogens (tertiary/aromatic N) is 4. The Labute approximate surface area is 148 Å². The summed E-state index contributed by atoms with van der Waals surface area (Å²) in [5.74, 6) is 1.16. The van der Waals surface area contributed by atoms with Gasteiger partial charge in [-0.3, -0.25) is 0 Å². The first-order chi connectivity index (χ1) is 10.9. The quantitative estimate of drug-likeness (QED) is 0.665. The zero-order valence-electron chi connectivity index (χ0n) is 12.7. The van der Waals surface area contributed by atoms with E-state index in [1.165, 1.54) is 4.52 Å². The molecule has 0 unspecified atom stereocenters. The molecule has 23 heavy (non-hydrogen) atoms. The summed E-state index contributed by atoms with van der Waals surface area (Å²) in [4.78, 5) is 8.53. The normalized spacial score (nSPS) is 11.2. The van der Waals surface area contributed by atoms with Gasteiger partial charge in [0, 0.05) is 5.56 Å². The van der Waals surface area contributed by atoms with Crippen LogP contribution in [0.25, 0.3) is 16.8 Å². The van der Waals surface area contributed by atoms with Crippen LogP contribution in [0.3, 0.4) is 0 Å². The van der Waals surface area contributed by atoms with Crippen LogP contribution < -0.4 is 4.74 Å². The van der Waals surface area contributed by atoms with Gasteiger partial charge in [0.05, 0.1) is 27.9 Å². The SMILES string of the molecule is CCOc1cc(Cl)c(-c2c(C)nn3c(Cl)nc(C)nc23)c(Cl)c1. The van der Waals surface area contributed by atoms with Gasteiger partial charge in [-0.15, -0.1) is 0 Å². The summed E-state index contributed by atoms with van der Waals surface area (Å²) in [6.45, 7) is 6.04. The van der Waals surface area contributed by atoms with Crippen molar-refractivity contribution in [3.63, 3.8) is 0 Å². The summed E-state index contributed by atoms with van der Waals surface area (Å²) < 4.78 is 6.93. The molecule has 0 bridgehead atoms. The molecule has 5 nitrogen and oxygen atoms in total. The van der Waals surface area contributed by atoms with E-state index in [1.54, 1.807) is 19.1 Å². The minimum absolute atomic E-state index is 0.236. The van der Waals surface area contributed by atoms with Gasteiger partial charge < -0.3 is 4.74 Å². The fourth-order valence-electron chi connectivity index (χ4n) is 2.44. The molecule has 2 heterocycles. The molecular weight excluding hydrogens is 359 g/mol. The van der Waals surface area contributed by atoms with Crippen molar-refractivity contribution in [1.29, 1.82) is 0 Å². The maximum absolute atomic E-state index is 6.44. The molecule has 3 rings (SSSR count). The largest absolute Gasteiger partial charge is 0.494 e. The van der Waals surface area contributed by atoms with Crippen LogP contribution in [0.1, 0.15) is 18.4 Å². The van der Waals surface area contributed by atoms with Crippen LogP contribution in [0.15, 0.2) is 12.1 Å². The van der Waals surface area contributed by atoms with E-state index >= 15 is 0 Å². The molecule has 0 amide bonds. The Morgan fingerprint density at radius 1 is 1.04 bits per heavy atom. The topological polar surface area (TPSA) is 52.3 Å². The Hall–Kier alpha value is -1.56. The van der Waals surface area contributed by atoms with Gasteiger partial charge in [0.25, 0.3) is 0 Å². The second-order valence-electron chi connectivity index (χ2n) is 4.93. The van der Waals surface area contributed by atoms with E-state index in [4.69, 9.17) is 39.5 Å². The first-order valence-electron chi connectivity index (χ1n) is 6.94. The molecule has 0 aliphatic rings. The lowest BCUT2D eigenvalue weighted by molar-refractivity contribution is 0.340.